The maximum absolute atomic E-state index is 12.3. The van der Waals surface area contributed by atoms with Gasteiger partial charge in [0.25, 0.3) is 5.91 Å². The minimum Gasteiger partial charge on any atom is -0.366 e. The highest BCUT2D eigenvalue weighted by molar-refractivity contribution is 6.04. The third-order valence-electron chi connectivity index (χ3n) is 3.15. The zero-order valence-electron chi connectivity index (χ0n) is 11.9. The summed E-state index contributed by atoms with van der Waals surface area (Å²) in [6.07, 6.45) is 1.44. The normalized spacial score (nSPS) is 10.3. The van der Waals surface area contributed by atoms with Crippen molar-refractivity contribution in [2.24, 2.45) is 5.73 Å². The maximum atomic E-state index is 12.3. The fourth-order valence-electron chi connectivity index (χ4n) is 1.99. The summed E-state index contributed by atoms with van der Waals surface area (Å²) in [4.78, 5) is 23.3. The van der Waals surface area contributed by atoms with Gasteiger partial charge in [0, 0.05) is 16.8 Å². The van der Waals surface area contributed by atoms with Gasteiger partial charge in [-0.05, 0) is 52.9 Å². The molecule has 0 unspecified atom stereocenters. The third kappa shape index (κ3) is 3.21. The van der Waals surface area contributed by atoms with E-state index in [0.717, 1.165) is 0 Å². The number of amides is 2. The first-order valence-corrected chi connectivity index (χ1v) is 6.68. The lowest BCUT2D eigenvalue weighted by Gasteiger charge is -2.07. The number of anilines is 1. The van der Waals surface area contributed by atoms with Crippen molar-refractivity contribution in [3.05, 3.63) is 66.0 Å². The number of rotatable bonds is 4. The van der Waals surface area contributed by atoms with Gasteiger partial charge in [-0.15, -0.1) is 5.10 Å². The lowest BCUT2D eigenvalue weighted by atomic mass is 10.1. The van der Waals surface area contributed by atoms with Crippen LogP contribution in [0.15, 0.2) is 54.9 Å². The smallest absolute Gasteiger partial charge is 0.255 e. The molecule has 0 saturated carbocycles. The number of nitrogens with one attached hydrogen (secondary N) is 1. The number of carbonyl (C=O) groups is 2. The minimum atomic E-state index is -0.517. The van der Waals surface area contributed by atoms with Crippen LogP contribution in [0.25, 0.3) is 5.69 Å². The second-order valence-corrected chi connectivity index (χ2v) is 4.70. The Morgan fingerprint density at radius 1 is 1.04 bits per heavy atom. The van der Waals surface area contributed by atoms with E-state index in [2.05, 4.69) is 20.8 Å². The molecule has 3 aromatic rings. The molecule has 1 aromatic heterocycles. The van der Waals surface area contributed by atoms with Crippen molar-refractivity contribution in [2.45, 2.75) is 0 Å². The van der Waals surface area contributed by atoms with Crippen molar-refractivity contribution in [1.82, 2.24) is 20.2 Å². The molecule has 3 N–H and O–H groups in total. The predicted octanol–water partition coefficient (Wildman–Crippen LogP) is 1.01. The van der Waals surface area contributed by atoms with E-state index < -0.39 is 5.91 Å². The standard InChI is InChI=1S/C15H12N6O2/c16-14(22)10-4-6-12(7-5-10)18-15(23)11-2-1-3-13(8-11)21-9-17-19-20-21/h1-9H,(H2,16,22)(H,18,23). The van der Waals surface area contributed by atoms with E-state index >= 15 is 0 Å². The molecule has 8 nitrogen and oxygen atoms in total. The quantitative estimate of drug-likeness (QED) is 0.746. The number of benzene rings is 2. The molecule has 0 radical (unpaired) electrons. The number of primary amides is 1. The van der Waals surface area contributed by atoms with Crippen LogP contribution in [0, 0.1) is 0 Å². The van der Waals surface area contributed by atoms with Crippen LogP contribution in [-0.4, -0.2) is 32.0 Å². The molecule has 0 aliphatic carbocycles. The highest BCUT2D eigenvalue weighted by atomic mass is 16.2. The molecule has 114 valence electrons. The Morgan fingerprint density at radius 3 is 2.48 bits per heavy atom. The van der Waals surface area contributed by atoms with E-state index in [-0.39, 0.29) is 5.91 Å². The minimum absolute atomic E-state index is 0.285. The van der Waals surface area contributed by atoms with Gasteiger partial charge >= 0.3 is 0 Å². The number of hydrogen-bond acceptors (Lipinski definition) is 5. The molecule has 8 heteroatoms. The van der Waals surface area contributed by atoms with Gasteiger partial charge in [-0.2, -0.15) is 0 Å². The zero-order chi connectivity index (χ0) is 16.2. The topological polar surface area (TPSA) is 116 Å². The van der Waals surface area contributed by atoms with Crippen LogP contribution in [0.2, 0.25) is 0 Å². The van der Waals surface area contributed by atoms with Gasteiger partial charge in [-0.1, -0.05) is 6.07 Å². The average Bonchev–Trinajstić information content (AvgIpc) is 3.10. The van der Waals surface area contributed by atoms with Crippen molar-refractivity contribution in [2.75, 3.05) is 5.32 Å². The Kier molecular flexibility index (Phi) is 3.79. The molecule has 2 amide bonds. The number of nitrogens with zero attached hydrogens (tertiary/aromatic N) is 4. The number of hydrogen-bond donors (Lipinski definition) is 2. The van der Waals surface area contributed by atoms with Crippen LogP contribution in [-0.2, 0) is 0 Å². The van der Waals surface area contributed by atoms with E-state index in [9.17, 15) is 9.59 Å². The highest BCUT2D eigenvalue weighted by Gasteiger charge is 2.08. The molecule has 0 saturated heterocycles. The number of nitrogens with two attached hydrogens (primary N) is 1. The van der Waals surface area contributed by atoms with Crippen LogP contribution in [0.3, 0.4) is 0 Å². The summed E-state index contributed by atoms with van der Waals surface area (Å²) in [5, 5.41) is 13.6. The zero-order valence-corrected chi connectivity index (χ0v) is 11.9. The first-order chi connectivity index (χ1) is 11.1. The van der Waals surface area contributed by atoms with Gasteiger partial charge in [0.15, 0.2) is 0 Å². The van der Waals surface area contributed by atoms with Crippen LogP contribution >= 0.6 is 0 Å². The van der Waals surface area contributed by atoms with Crippen LogP contribution in [0.1, 0.15) is 20.7 Å². The summed E-state index contributed by atoms with van der Waals surface area (Å²) < 4.78 is 1.46. The van der Waals surface area contributed by atoms with Crippen LogP contribution < -0.4 is 11.1 Å². The van der Waals surface area contributed by atoms with E-state index in [1.807, 2.05) is 0 Å². The molecule has 23 heavy (non-hydrogen) atoms. The second-order valence-electron chi connectivity index (χ2n) is 4.70. The third-order valence-corrected chi connectivity index (χ3v) is 3.15. The van der Waals surface area contributed by atoms with Gasteiger partial charge in [-0.3, -0.25) is 9.59 Å². The molecule has 0 bridgehead atoms. The van der Waals surface area contributed by atoms with Crippen LogP contribution in [0.4, 0.5) is 5.69 Å². The van der Waals surface area contributed by atoms with Crippen LogP contribution in [0.5, 0.6) is 0 Å². The van der Waals surface area contributed by atoms with E-state index in [1.54, 1.807) is 48.5 Å². The Labute approximate surface area is 130 Å². The molecule has 0 fully saturated rings. The lowest BCUT2D eigenvalue weighted by molar-refractivity contribution is 0.0998. The Morgan fingerprint density at radius 2 is 1.83 bits per heavy atom. The highest BCUT2D eigenvalue weighted by Crippen LogP contribution is 2.13. The number of carbonyl (C=O) groups excluding carboxylic acids is 2. The molecule has 1 heterocycles. The van der Waals surface area contributed by atoms with Gasteiger partial charge in [-0.25, -0.2) is 4.68 Å². The molecular formula is C15H12N6O2. The van der Waals surface area contributed by atoms with Gasteiger partial charge < -0.3 is 11.1 Å². The number of tetrazole rings is 1. The van der Waals surface area contributed by atoms with Crippen molar-refractivity contribution in [3.63, 3.8) is 0 Å². The molecule has 0 aliphatic rings. The first kappa shape index (κ1) is 14.4. The monoisotopic (exact) mass is 308 g/mol. The van der Waals surface area contributed by atoms with Crippen molar-refractivity contribution >= 4 is 17.5 Å². The second kappa shape index (κ2) is 6.06. The fraction of sp³-hybridized carbons (Fsp3) is 0. The van der Waals surface area contributed by atoms with Crippen molar-refractivity contribution in [3.8, 4) is 5.69 Å². The number of aromatic nitrogens is 4. The SMILES string of the molecule is NC(=O)c1ccc(NC(=O)c2cccc(-n3cnnn3)c2)cc1. The van der Waals surface area contributed by atoms with E-state index in [1.165, 1.54) is 11.0 Å². The molecule has 0 spiro atoms. The molecule has 0 aliphatic heterocycles. The summed E-state index contributed by atoms with van der Waals surface area (Å²) in [5.74, 6) is -0.802. The average molecular weight is 308 g/mol. The largest absolute Gasteiger partial charge is 0.366 e. The Hall–Kier alpha value is -3.55. The first-order valence-electron chi connectivity index (χ1n) is 6.68. The van der Waals surface area contributed by atoms with E-state index in [0.29, 0.717) is 22.5 Å². The Balaban J connectivity index is 1.78. The maximum Gasteiger partial charge on any atom is 0.255 e. The fourth-order valence-corrected chi connectivity index (χ4v) is 1.99. The molecular weight excluding hydrogens is 296 g/mol. The summed E-state index contributed by atoms with van der Waals surface area (Å²) >= 11 is 0. The van der Waals surface area contributed by atoms with Crippen molar-refractivity contribution in [1.29, 1.82) is 0 Å². The molecule has 3 rings (SSSR count). The lowest BCUT2D eigenvalue weighted by Crippen LogP contribution is -2.13. The Bertz CT molecular complexity index is 843. The van der Waals surface area contributed by atoms with E-state index in [4.69, 9.17) is 5.73 Å². The summed E-state index contributed by atoms with van der Waals surface area (Å²) in [7, 11) is 0. The summed E-state index contributed by atoms with van der Waals surface area (Å²) in [6.45, 7) is 0. The molecule has 0 atom stereocenters. The van der Waals surface area contributed by atoms with Gasteiger partial charge in [0.2, 0.25) is 5.91 Å². The van der Waals surface area contributed by atoms with Crippen molar-refractivity contribution < 1.29 is 9.59 Å². The van der Waals surface area contributed by atoms with Gasteiger partial charge in [0.1, 0.15) is 6.33 Å². The predicted molar refractivity (Wildman–Crippen MR) is 82.1 cm³/mol. The summed E-state index contributed by atoms with van der Waals surface area (Å²) in [5.41, 5.74) is 7.24. The van der Waals surface area contributed by atoms with Gasteiger partial charge in [0.05, 0.1) is 5.69 Å². The summed E-state index contributed by atoms with van der Waals surface area (Å²) in [6, 6.07) is 13.2. The molecule has 2 aromatic carbocycles.